The molecule has 0 saturated carbocycles. The fraction of sp³-hybridized carbons (Fsp3) is 0.429. The van der Waals surface area contributed by atoms with Crippen molar-refractivity contribution >= 4 is 23.4 Å². The fourth-order valence-electron chi connectivity index (χ4n) is 1.68. The van der Waals surface area contributed by atoms with E-state index in [-0.39, 0.29) is 18.6 Å². The summed E-state index contributed by atoms with van der Waals surface area (Å²) in [6.07, 6.45) is 0.746. The molecule has 1 aromatic carbocycles. The highest BCUT2D eigenvalue weighted by atomic mass is 35.5. The molecule has 0 aromatic heterocycles. The first-order valence-corrected chi connectivity index (χ1v) is 6.25. The van der Waals surface area contributed by atoms with Gasteiger partial charge < -0.3 is 5.11 Å². The van der Waals surface area contributed by atoms with Crippen molar-refractivity contribution in [3.63, 3.8) is 0 Å². The Kier molecular flexibility index (Phi) is 4.91. The van der Waals surface area contributed by atoms with E-state index < -0.39 is 11.4 Å². The molecule has 0 saturated heterocycles. The summed E-state index contributed by atoms with van der Waals surface area (Å²) in [6, 6.07) is 7.01. The van der Waals surface area contributed by atoms with Crippen LogP contribution in [0.3, 0.4) is 0 Å². The molecule has 18 heavy (non-hydrogen) atoms. The molecule has 98 valence electrons. The van der Waals surface area contributed by atoms with Crippen molar-refractivity contribution < 1.29 is 14.7 Å². The zero-order chi connectivity index (χ0) is 13.8. The van der Waals surface area contributed by atoms with Crippen LogP contribution < -0.4 is 0 Å². The largest absolute Gasteiger partial charge is 0.481 e. The third-order valence-electron chi connectivity index (χ3n) is 3.20. The minimum absolute atomic E-state index is 0.0570. The lowest BCUT2D eigenvalue weighted by Gasteiger charge is -2.21. The first kappa shape index (κ1) is 14.7. The van der Waals surface area contributed by atoms with Crippen molar-refractivity contribution in [1.82, 2.24) is 0 Å². The van der Waals surface area contributed by atoms with Gasteiger partial charge in [0.2, 0.25) is 0 Å². The molecule has 0 heterocycles. The van der Waals surface area contributed by atoms with Crippen molar-refractivity contribution in [3.05, 3.63) is 34.9 Å². The quantitative estimate of drug-likeness (QED) is 0.861. The molecule has 0 bridgehead atoms. The van der Waals surface area contributed by atoms with Crippen LogP contribution >= 0.6 is 11.6 Å². The Balaban J connectivity index is 2.66. The molecule has 1 aromatic rings. The molecular weight excluding hydrogens is 252 g/mol. The van der Waals surface area contributed by atoms with Crippen molar-refractivity contribution in [1.29, 1.82) is 0 Å². The highest BCUT2D eigenvalue weighted by Gasteiger charge is 2.33. The van der Waals surface area contributed by atoms with Crippen LogP contribution in [0.4, 0.5) is 0 Å². The lowest BCUT2D eigenvalue weighted by molar-refractivity contribution is -0.150. The predicted octanol–water partition coefficient (Wildman–Crippen LogP) is 3.34. The van der Waals surface area contributed by atoms with E-state index in [1.807, 2.05) is 0 Å². The van der Waals surface area contributed by atoms with Gasteiger partial charge in [-0.3, -0.25) is 9.59 Å². The van der Waals surface area contributed by atoms with E-state index in [2.05, 4.69) is 0 Å². The number of carbonyl (C=O) groups excluding carboxylic acids is 1. The van der Waals surface area contributed by atoms with Gasteiger partial charge in [-0.15, -0.1) is 0 Å². The summed E-state index contributed by atoms with van der Waals surface area (Å²) >= 11 is 5.76. The smallest absolute Gasteiger partial charge is 0.309 e. The van der Waals surface area contributed by atoms with E-state index in [1.165, 1.54) is 0 Å². The summed E-state index contributed by atoms with van der Waals surface area (Å²) in [7, 11) is 0. The first-order chi connectivity index (χ1) is 8.37. The maximum atomic E-state index is 11.9. The van der Waals surface area contributed by atoms with Gasteiger partial charge in [-0.05, 0) is 31.0 Å². The number of aliphatic carboxylic acids is 1. The summed E-state index contributed by atoms with van der Waals surface area (Å²) in [5.41, 5.74) is -0.114. The summed E-state index contributed by atoms with van der Waals surface area (Å²) in [6.45, 7) is 3.39. The normalized spacial score (nSPS) is 13.9. The van der Waals surface area contributed by atoms with Gasteiger partial charge in [-0.1, -0.05) is 30.7 Å². The number of carboxylic acids is 1. The molecular formula is C14H17ClO3. The number of hydrogen-bond donors (Lipinski definition) is 1. The average Bonchev–Trinajstić information content (AvgIpc) is 2.31. The second-order valence-electron chi connectivity index (χ2n) is 4.74. The predicted molar refractivity (Wildman–Crippen MR) is 70.8 cm³/mol. The Morgan fingerprint density at radius 3 is 2.28 bits per heavy atom. The lowest BCUT2D eigenvalue weighted by Crippen LogP contribution is -2.30. The highest BCUT2D eigenvalue weighted by Crippen LogP contribution is 2.27. The van der Waals surface area contributed by atoms with Crippen LogP contribution in [-0.4, -0.2) is 16.9 Å². The Labute approximate surface area is 112 Å². The van der Waals surface area contributed by atoms with Crippen LogP contribution in [-0.2, 0) is 16.0 Å². The summed E-state index contributed by atoms with van der Waals surface area (Å²) in [4.78, 5) is 23.0. The molecule has 1 N–H and O–H groups in total. The number of ketones is 1. The minimum Gasteiger partial charge on any atom is -0.481 e. The average molecular weight is 269 g/mol. The highest BCUT2D eigenvalue weighted by molar-refractivity contribution is 6.30. The van der Waals surface area contributed by atoms with E-state index in [1.54, 1.807) is 38.1 Å². The van der Waals surface area contributed by atoms with Crippen molar-refractivity contribution in [2.75, 3.05) is 0 Å². The third kappa shape index (κ3) is 3.84. The Hall–Kier alpha value is -1.35. The number of carbonyl (C=O) groups is 2. The fourth-order valence-corrected chi connectivity index (χ4v) is 1.81. The molecule has 3 nitrogen and oxygen atoms in total. The van der Waals surface area contributed by atoms with Crippen LogP contribution in [0.1, 0.15) is 32.3 Å². The maximum absolute atomic E-state index is 11.9. The zero-order valence-corrected chi connectivity index (χ0v) is 11.3. The number of hydrogen-bond acceptors (Lipinski definition) is 2. The Morgan fingerprint density at radius 1 is 1.28 bits per heavy atom. The number of halogens is 1. The molecule has 0 spiro atoms. The van der Waals surface area contributed by atoms with Crippen LogP contribution in [0.5, 0.6) is 0 Å². The van der Waals surface area contributed by atoms with Gasteiger partial charge in [0.1, 0.15) is 5.78 Å². The first-order valence-electron chi connectivity index (χ1n) is 5.87. The number of Topliss-reactive ketones (excluding diaryl/α,β-unsaturated/α-hetero) is 1. The number of benzene rings is 1. The summed E-state index contributed by atoms with van der Waals surface area (Å²) in [5, 5.41) is 9.73. The minimum atomic E-state index is -0.969. The number of carboxylic acid groups (broad SMARTS) is 1. The van der Waals surface area contributed by atoms with E-state index in [4.69, 9.17) is 16.7 Å². The standard InChI is InChI=1S/C14H17ClO3/c1-3-14(2,13(17)18)9-12(16)8-10-4-6-11(15)7-5-10/h4-7H,3,8-9H2,1-2H3,(H,17,18)/t14-/m1/s1. The van der Waals surface area contributed by atoms with Crippen LogP contribution in [0.2, 0.25) is 5.02 Å². The summed E-state index contributed by atoms with van der Waals surface area (Å²) < 4.78 is 0. The zero-order valence-electron chi connectivity index (χ0n) is 10.6. The van der Waals surface area contributed by atoms with Crippen molar-refractivity contribution in [3.8, 4) is 0 Å². The van der Waals surface area contributed by atoms with Crippen molar-refractivity contribution in [2.45, 2.75) is 33.1 Å². The molecule has 0 unspecified atom stereocenters. The topological polar surface area (TPSA) is 54.4 Å². The molecule has 0 fully saturated rings. The molecule has 1 rings (SSSR count). The molecule has 1 atom stereocenters. The summed E-state index contributed by atoms with van der Waals surface area (Å²) in [5.74, 6) is -0.987. The van der Waals surface area contributed by atoms with E-state index >= 15 is 0 Å². The van der Waals surface area contributed by atoms with E-state index in [0.29, 0.717) is 11.4 Å². The molecule has 4 heteroatoms. The molecule has 0 amide bonds. The van der Waals surface area contributed by atoms with Gasteiger partial charge in [-0.25, -0.2) is 0 Å². The molecule has 0 radical (unpaired) electrons. The van der Waals surface area contributed by atoms with Gasteiger partial charge in [-0.2, -0.15) is 0 Å². The van der Waals surface area contributed by atoms with Gasteiger partial charge in [0, 0.05) is 17.9 Å². The monoisotopic (exact) mass is 268 g/mol. The number of rotatable bonds is 6. The van der Waals surface area contributed by atoms with Crippen LogP contribution in [0, 0.1) is 5.41 Å². The third-order valence-corrected chi connectivity index (χ3v) is 3.45. The molecule has 0 aliphatic heterocycles. The second-order valence-corrected chi connectivity index (χ2v) is 5.17. The molecule has 0 aliphatic rings. The van der Waals surface area contributed by atoms with E-state index in [9.17, 15) is 9.59 Å². The van der Waals surface area contributed by atoms with Crippen molar-refractivity contribution in [2.24, 2.45) is 5.41 Å². The SMILES string of the molecule is CC[C@](C)(CC(=O)Cc1ccc(Cl)cc1)C(=O)O. The van der Waals surface area contributed by atoms with Gasteiger partial charge in [0.05, 0.1) is 5.41 Å². The van der Waals surface area contributed by atoms with E-state index in [0.717, 1.165) is 5.56 Å². The van der Waals surface area contributed by atoms with Gasteiger partial charge in [0.25, 0.3) is 0 Å². The maximum Gasteiger partial charge on any atom is 0.309 e. The van der Waals surface area contributed by atoms with Gasteiger partial charge in [0.15, 0.2) is 0 Å². The lowest BCUT2D eigenvalue weighted by atomic mass is 9.81. The Morgan fingerprint density at radius 2 is 1.83 bits per heavy atom. The van der Waals surface area contributed by atoms with Crippen LogP contribution in [0.15, 0.2) is 24.3 Å². The second kappa shape index (κ2) is 6.01. The Bertz CT molecular complexity index is 439. The van der Waals surface area contributed by atoms with Gasteiger partial charge >= 0.3 is 5.97 Å². The molecule has 0 aliphatic carbocycles. The van der Waals surface area contributed by atoms with Crippen LogP contribution in [0.25, 0.3) is 0 Å².